The van der Waals surface area contributed by atoms with Gasteiger partial charge >= 0.3 is 0 Å². The number of benzene rings is 2. The van der Waals surface area contributed by atoms with Crippen molar-refractivity contribution in [1.82, 2.24) is 20.4 Å². The van der Waals surface area contributed by atoms with Crippen molar-refractivity contribution in [1.29, 1.82) is 0 Å². The topological polar surface area (TPSA) is 122 Å². The van der Waals surface area contributed by atoms with Crippen molar-refractivity contribution >= 4 is 28.4 Å². The van der Waals surface area contributed by atoms with Crippen LogP contribution in [0.3, 0.4) is 0 Å². The van der Waals surface area contributed by atoms with Crippen LogP contribution in [-0.2, 0) is 22.6 Å². The summed E-state index contributed by atoms with van der Waals surface area (Å²) in [5, 5.41) is 10.3. The summed E-state index contributed by atoms with van der Waals surface area (Å²) in [5.41, 5.74) is 2.52. The lowest BCUT2D eigenvalue weighted by Gasteiger charge is -2.17. The van der Waals surface area contributed by atoms with Gasteiger partial charge in [0.15, 0.2) is 12.4 Å². The number of hydrogen-bond acceptors (Lipinski definition) is 6. The predicted octanol–water partition coefficient (Wildman–Crippen LogP) is 3.12. The number of H-pyrrole nitrogens is 1. The summed E-state index contributed by atoms with van der Waals surface area (Å²) in [4.78, 5) is 31.9. The van der Waals surface area contributed by atoms with E-state index in [1.54, 1.807) is 31.2 Å². The van der Waals surface area contributed by atoms with Crippen LogP contribution in [-0.4, -0.2) is 33.0 Å². The molecule has 1 unspecified atom stereocenters. The first-order valence-corrected chi connectivity index (χ1v) is 10.1. The average molecular weight is 433 g/mol. The van der Waals surface area contributed by atoms with Gasteiger partial charge in [0.1, 0.15) is 11.8 Å². The molecule has 0 saturated carbocycles. The van der Waals surface area contributed by atoms with Crippen molar-refractivity contribution in [2.75, 3.05) is 5.32 Å². The number of hydrogen-bond donors (Lipinski definition) is 3. The number of para-hydroxylation sites is 1. The number of ether oxygens (including phenoxy) is 1. The molecule has 4 aromatic rings. The van der Waals surface area contributed by atoms with E-state index >= 15 is 0 Å². The van der Waals surface area contributed by atoms with Crippen LogP contribution in [0.1, 0.15) is 24.2 Å². The molecule has 164 valence electrons. The number of nitrogens with one attached hydrogen (secondary N) is 3. The minimum absolute atomic E-state index is 0.155. The van der Waals surface area contributed by atoms with Crippen LogP contribution in [0.15, 0.2) is 59.3 Å². The van der Waals surface area contributed by atoms with Crippen LogP contribution in [0.5, 0.6) is 5.75 Å². The summed E-state index contributed by atoms with van der Waals surface area (Å²) in [6.45, 7) is 3.28. The van der Waals surface area contributed by atoms with Gasteiger partial charge in [-0.1, -0.05) is 23.4 Å². The fraction of sp³-hybridized carbons (Fsp3) is 0.217. The van der Waals surface area contributed by atoms with Crippen molar-refractivity contribution in [2.45, 2.75) is 32.9 Å². The molecule has 2 amide bonds. The smallest absolute Gasteiger partial charge is 0.264 e. The molecule has 32 heavy (non-hydrogen) atoms. The van der Waals surface area contributed by atoms with Crippen LogP contribution in [0, 0.1) is 6.92 Å². The molecule has 2 aromatic heterocycles. The largest absolute Gasteiger partial charge is 0.484 e. The zero-order valence-electron chi connectivity index (χ0n) is 17.7. The molecule has 2 aromatic carbocycles. The van der Waals surface area contributed by atoms with Crippen LogP contribution >= 0.6 is 0 Å². The molecular formula is C23H23N5O4. The van der Waals surface area contributed by atoms with Crippen molar-refractivity contribution < 1.29 is 18.8 Å². The number of aromatic amines is 1. The van der Waals surface area contributed by atoms with E-state index in [9.17, 15) is 9.59 Å². The molecule has 2 heterocycles. The zero-order chi connectivity index (χ0) is 22.5. The molecule has 0 spiro atoms. The molecule has 0 bridgehead atoms. The highest BCUT2D eigenvalue weighted by Gasteiger charge is 2.21. The first kappa shape index (κ1) is 21.1. The summed E-state index contributed by atoms with van der Waals surface area (Å²) < 4.78 is 10.6. The second kappa shape index (κ2) is 9.34. The Morgan fingerprint density at radius 1 is 1.16 bits per heavy atom. The Kier molecular flexibility index (Phi) is 6.16. The van der Waals surface area contributed by atoms with E-state index < -0.39 is 6.04 Å². The van der Waals surface area contributed by atoms with Gasteiger partial charge in [0, 0.05) is 36.1 Å². The molecule has 0 aliphatic rings. The Labute approximate surface area is 184 Å². The zero-order valence-corrected chi connectivity index (χ0v) is 17.7. The quantitative estimate of drug-likeness (QED) is 0.392. The van der Waals surface area contributed by atoms with Gasteiger partial charge in [-0.3, -0.25) is 9.59 Å². The van der Waals surface area contributed by atoms with Gasteiger partial charge in [-0.05, 0) is 42.8 Å². The van der Waals surface area contributed by atoms with Crippen molar-refractivity contribution in [2.24, 2.45) is 0 Å². The molecule has 0 saturated heterocycles. The third-order valence-corrected chi connectivity index (χ3v) is 4.85. The molecule has 0 aliphatic carbocycles. The Morgan fingerprint density at radius 2 is 1.94 bits per heavy atom. The molecule has 9 heteroatoms. The van der Waals surface area contributed by atoms with Crippen LogP contribution in [0.2, 0.25) is 0 Å². The maximum atomic E-state index is 12.9. The van der Waals surface area contributed by atoms with Crippen LogP contribution in [0.25, 0.3) is 10.9 Å². The van der Waals surface area contributed by atoms with Gasteiger partial charge in [-0.2, -0.15) is 4.98 Å². The summed E-state index contributed by atoms with van der Waals surface area (Å²) in [6, 6.07) is 14.0. The predicted molar refractivity (Wildman–Crippen MR) is 118 cm³/mol. The van der Waals surface area contributed by atoms with Crippen LogP contribution < -0.4 is 15.4 Å². The first-order valence-electron chi connectivity index (χ1n) is 10.1. The molecule has 0 aliphatic heterocycles. The molecule has 1 atom stereocenters. The number of aryl methyl sites for hydroxylation is 1. The SMILES string of the molecule is CC(=O)NC(Cc1c[nH]c2ccccc12)C(=O)Nc1ccc(OCc2nc(C)no2)cc1. The number of carbonyl (C=O) groups excluding carboxylic acids is 2. The normalized spacial score (nSPS) is 11.8. The minimum atomic E-state index is -0.719. The lowest BCUT2D eigenvalue weighted by Crippen LogP contribution is -2.44. The number of rotatable bonds is 8. The fourth-order valence-electron chi connectivity index (χ4n) is 3.38. The van der Waals surface area contributed by atoms with Gasteiger partial charge in [-0.25, -0.2) is 0 Å². The van der Waals surface area contributed by atoms with E-state index in [0.717, 1.165) is 16.5 Å². The van der Waals surface area contributed by atoms with Crippen molar-refractivity contribution in [3.63, 3.8) is 0 Å². The summed E-state index contributed by atoms with van der Waals surface area (Å²) in [7, 11) is 0. The second-order valence-corrected chi connectivity index (χ2v) is 7.35. The van der Waals surface area contributed by atoms with E-state index in [-0.39, 0.29) is 18.4 Å². The monoisotopic (exact) mass is 433 g/mol. The molecule has 3 N–H and O–H groups in total. The lowest BCUT2D eigenvalue weighted by atomic mass is 10.0. The number of fused-ring (bicyclic) bond motifs is 1. The van der Waals surface area contributed by atoms with Gasteiger partial charge < -0.3 is 24.9 Å². The van der Waals surface area contributed by atoms with E-state index in [2.05, 4.69) is 25.8 Å². The Hall–Kier alpha value is -4.14. The second-order valence-electron chi connectivity index (χ2n) is 7.35. The standard InChI is InChI=1S/C23H23N5O4/c1-14-25-22(32-28-14)13-31-18-9-7-17(8-10-18)27-23(30)21(26-15(2)29)11-16-12-24-20-6-4-3-5-19(16)20/h3-10,12,21,24H,11,13H2,1-2H3,(H,26,29)(H,27,30). The Bertz CT molecular complexity index is 1230. The summed E-state index contributed by atoms with van der Waals surface area (Å²) in [5.74, 6) is 0.944. The highest BCUT2D eigenvalue weighted by atomic mass is 16.5. The van der Waals surface area contributed by atoms with Gasteiger partial charge in [0.05, 0.1) is 0 Å². The van der Waals surface area contributed by atoms with Gasteiger partial charge in [0.25, 0.3) is 5.89 Å². The third-order valence-electron chi connectivity index (χ3n) is 4.85. The maximum Gasteiger partial charge on any atom is 0.264 e. The van der Waals surface area contributed by atoms with Gasteiger partial charge in [0.2, 0.25) is 11.8 Å². The van der Waals surface area contributed by atoms with E-state index in [0.29, 0.717) is 29.6 Å². The van der Waals surface area contributed by atoms with Crippen molar-refractivity contribution in [3.8, 4) is 5.75 Å². The maximum absolute atomic E-state index is 12.9. The number of amides is 2. The Balaban J connectivity index is 1.40. The molecule has 0 fully saturated rings. The Morgan fingerprint density at radius 3 is 2.66 bits per heavy atom. The number of nitrogens with zero attached hydrogens (tertiary/aromatic N) is 2. The average Bonchev–Trinajstić information content (AvgIpc) is 3.38. The van der Waals surface area contributed by atoms with Gasteiger partial charge in [-0.15, -0.1) is 0 Å². The van der Waals surface area contributed by atoms with Crippen LogP contribution in [0.4, 0.5) is 5.69 Å². The van der Waals surface area contributed by atoms with E-state index in [1.165, 1.54) is 6.92 Å². The summed E-state index contributed by atoms with van der Waals surface area (Å²) in [6.07, 6.45) is 2.23. The molecule has 0 radical (unpaired) electrons. The number of carbonyl (C=O) groups is 2. The minimum Gasteiger partial charge on any atom is -0.484 e. The third kappa shape index (κ3) is 5.12. The molecule has 9 nitrogen and oxygen atoms in total. The first-order chi connectivity index (χ1) is 15.5. The number of anilines is 1. The molecular weight excluding hydrogens is 410 g/mol. The van der Waals surface area contributed by atoms with E-state index in [4.69, 9.17) is 9.26 Å². The highest BCUT2D eigenvalue weighted by molar-refractivity contribution is 5.97. The summed E-state index contributed by atoms with van der Waals surface area (Å²) >= 11 is 0. The highest BCUT2D eigenvalue weighted by Crippen LogP contribution is 2.21. The fourth-order valence-corrected chi connectivity index (χ4v) is 3.38. The van der Waals surface area contributed by atoms with Crippen molar-refractivity contribution in [3.05, 3.63) is 72.0 Å². The van der Waals surface area contributed by atoms with E-state index in [1.807, 2.05) is 30.5 Å². The lowest BCUT2D eigenvalue weighted by molar-refractivity contribution is -0.125. The molecule has 4 rings (SSSR count). The number of aromatic nitrogens is 3.